The molecule has 1 N–H and O–H groups in total. The maximum absolute atomic E-state index is 13.8. The summed E-state index contributed by atoms with van der Waals surface area (Å²) in [6.07, 6.45) is 0. The van der Waals surface area contributed by atoms with E-state index in [1.807, 2.05) is 49.4 Å². The van der Waals surface area contributed by atoms with Gasteiger partial charge in [-0.05, 0) is 55.2 Å². The number of nitrogens with zero attached hydrogens (tertiary/aromatic N) is 2. The van der Waals surface area contributed by atoms with Crippen LogP contribution < -0.4 is 9.62 Å². The van der Waals surface area contributed by atoms with E-state index in [0.29, 0.717) is 12.2 Å². The molecule has 0 aromatic heterocycles. The Morgan fingerprint density at radius 1 is 0.838 bits per heavy atom. The molecule has 8 heteroatoms. The number of anilines is 1. The lowest BCUT2D eigenvalue weighted by atomic mass is 10.0. The molecule has 0 bridgehead atoms. The first-order chi connectivity index (χ1) is 17.6. The largest absolute Gasteiger partial charge is 0.355 e. The van der Waals surface area contributed by atoms with E-state index in [0.717, 1.165) is 15.4 Å². The van der Waals surface area contributed by atoms with Gasteiger partial charge in [-0.1, -0.05) is 74.5 Å². The summed E-state index contributed by atoms with van der Waals surface area (Å²) in [5.74, 6) is -0.505. The van der Waals surface area contributed by atoms with Crippen molar-refractivity contribution >= 4 is 27.5 Å². The van der Waals surface area contributed by atoms with E-state index in [4.69, 9.17) is 0 Å². The van der Waals surface area contributed by atoms with E-state index < -0.39 is 28.5 Å². The summed E-state index contributed by atoms with van der Waals surface area (Å²) in [6.45, 7) is 7.72. The molecule has 3 aromatic carbocycles. The first-order valence-corrected chi connectivity index (χ1v) is 13.9. The zero-order valence-electron chi connectivity index (χ0n) is 21.8. The Kier molecular flexibility index (Phi) is 9.47. The Morgan fingerprint density at radius 3 is 1.95 bits per heavy atom. The fourth-order valence-electron chi connectivity index (χ4n) is 3.96. The maximum atomic E-state index is 13.8. The van der Waals surface area contributed by atoms with E-state index in [1.165, 1.54) is 17.0 Å². The third-order valence-corrected chi connectivity index (χ3v) is 7.96. The smallest absolute Gasteiger partial charge is 0.264 e. The zero-order valence-corrected chi connectivity index (χ0v) is 22.6. The van der Waals surface area contributed by atoms with Gasteiger partial charge in [-0.3, -0.25) is 13.9 Å². The van der Waals surface area contributed by atoms with Gasteiger partial charge in [0, 0.05) is 13.1 Å². The van der Waals surface area contributed by atoms with Gasteiger partial charge >= 0.3 is 0 Å². The number of hydrogen-bond acceptors (Lipinski definition) is 4. The normalized spacial score (nSPS) is 12.1. The summed E-state index contributed by atoms with van der Waals surface area (Å²) in [4.78, 5) is 28.0. The van der Waals surface area contributed by atoms with E-state index in [9.17, 15) is 18.0 Å². The molecule has 0 fully saturated rings. The van der Waals surface area contributed by atoms with Crippen LogP contribution in [0.5, 0.6) is 0 Å². The van der Waals surface area contributed by atoms with Crippen LogP contribution in [0.2, 0.25) is 0 Å². The quantitative estimate of drug-likeness (QED) is 0.401. The molecule has 0 unspecified atom stereocenters. The second kappa shape index (κ2) is 12.5. The first-order valence-electron chi connectivity index (χ1n) is 12.4. The van der Waals surface area contributed by atoms with Crippen molar-refractivity contribution in [2.45, 2.75) is 51.1 Å². The van der Waals surface area contributed by atoms with Crippen LogP contribution in [0.1, 0.15) is 44.7 Å². The highest BCUT2D eigenvalue weighted by Crippen LogP contribution is 2.26. The number of benzene rings is 3. The number of likely N-dealkylation sites (N-methyl/N-ethyl adjacent to an activating group) is 1. The van der Waals surface area contributed by atoms with Crippen molar-refractivity contribution in [2.75, 3.05) is 17.4 Å². The summed E-state index contributed by atoms with van der Waals surface area (Å²) in [5.41, 5.74) is 2.28. The van der Waals surface area contributed by atoms with Crippen LogP contribution in [0.3, 0.4) is 0 Å². The van der Waals surface area contributed by atoms with Crippen LogP contribution in [0.15, 0.2) is 89.8 Å². The van der Waals surface area contributed by atoms with Crippen molar-refractivity contribution in [3.8, 4) is 0 Å². The number of sulfonamides is 1. The molecule has 0 saturated carbocycles. The van der Waals surface area contributed by atoms with Gasteiger partial charge in [0.25, 0.3) is 10.0 Å². The lowest BCUT2D eigenvalue weighted by molar-refractivity contribution is -0.139. The summed E-state index contributed by atoms with van der Waals surface area (Å²) in [5, 5.41) is 2.76. The molecule has 0 aliphatic carbocycles. The third-order valence-electron chi connectivity index (χ3n) is 6.17. The molecular formula is C29H35N3O4S. The Balaban J connectivity index is 2.02. The van der Waals surface area contributed by atoms with E-state index in [1.54, 1.807) is 37.3 Å². The van der Waals surface area contributed by atoms with Gasteiger partial charge in [-0.25, -0.2) is 8.42 Å². The lowest BCUT2D eigenvalue weighted by Crippen LogP contribution is -2.51. The Labute approximate surface area is 220 Å². The predicted octanol–water partition coefficient (Wildman–Crippen LogP) is 4.56. The van der Waals surface area contributed by atoms with Gasteiger partial charge in [0.05, 0.1) is 10.6 Å². The molecule has 1 atom stereocenters. The summed E-state index contributed by atoms with van der Waals surface area (Å²) < 4.78 is 28.6. The molecule has 0 radical (unpaired) electrons. The lowest BCUT2D eigenvalue weighted by Gasteiger charge is -2.32. The highest BCUT2D eigenvalue weighted by molar-refractivity contribution is 7.92. The number of hydrogen-bond donors (Lipinski definition) is 1. The van der Waals surface area contributed by atoms with E-state index >= 15 is 0 Å². The number of nitrogens with one attached hydrogen (secondary N) is 1. The van der Waals surface area contributed by atoms with Crippen molar-refractivity contribution in [3.05, 3.63) is 96.1 Å². The van der Waals surface area contributed by atoms with Crippen LogP contribution in [-0.4, -0.2) is 44.3 Å². The molecule has 0 saturated heterocycles. The minimum absolute atomic E-state index is 0.0853. The van der Waals surface area contributed by atoms with Crippen LogP contribution in [0.4, 0.5) is 5.69 Å². The van der Waals surface area contributed by atoms with E-state index in [-0.39, 0.29) is 23.3 Å². The minimum Gasteiger partial charge on any atom is -0.355 e. The minimum atomic E-state index is -4.06. The molecule has 0 aliphatic heterocycles. The number of amides is 2. The summed E-state index contributed by atoms with van der Waals surface area (Å²) >= 11 is 0. The monoisotopic (exact) mass is 521 g/mol. The Morgan fingerprint density at radius 2 is 1.41 bits per heavy atom. The molecule has 3 rings (SSSR count). The highest BCUT2D eigenvalue weighted by Gasteiger charge is 2.32. The topological polar surface area (TPSA) is 86.8 Å². The zero-order chi connectivity index (χ0) is 27.0. The molecule has 196 valence electrons. The second-order valence-corrected chi connectivity index (χ2v) is 11.0. The molecule has 3 aromatic rings. The predicted molar refractivity (Wildman–Crippen MR) is 147 cm³/mol. The number of carbonyl (C=O) groups excluding carboxylic acids is 2. The summed E-state index contributed by atoms with van der Waals surface area (Å²) in [6, 6.07) is 23.8. The first kappa shape index (κ1) is 27.9. The van der Waals surface area contributed by atoms with Crippen LogP contribution in [0.25, 0.3) is 0 Å². The van der Waals surface area contributed by atoms with Crippen LogP contribution in [0, 0.1) is 0 Å². The van der Waals surface area contributed by atoms with Crippen LogP contribution in [-0.2, 0) is 26.2 Å². The van der Waals surface area contributed by atoms with Crippen molar-refractivity contribution in [1.29, 1.82) is 0 Å². The third kappa shape index (κ3) is 6.98. The number of rotatable bonds is 11. The Hall–Kier alpha value is -3.65. The van der Waals surface area contributed by atoms with Crippen molar-refractivity contribution in [1.82, 2.24) is 10.2 Å². The standard InChI is InChI=1S/C29H35N3O4S/c1-5-30-29(34)23(4)31(20-24-12-8-6-9-13-24)28(33)21-32(26-18-16-25(17-19-26)22(2)3)37(35,36)27-14-10-7-11-15-27/h6-19,22-23H,5,20-21H2,1-4H3,(H,30,34)/t23-/m0/s1. The molecule has 0 spiro atoms. The average molecular weight is 522 g/mol. The maximum Gasteiger partial charge on any atom is 0.264 e. The summed E-state index contributed by atoms with van der Waals surface area (Å²) in [7, 11) is -4.06. The fraction of sp³-hybridized carbons (Fsp3) is 0.310. The molecule has 7 nitrogen and oxygen atoms in total. The van der Waals surface area contributed by atoms with Crippen molar-refractivity contribution in [2.24, 2.45) is 0 Å². The molecule has 2 amide bonds. The SMILES string of the molecule is CCNC(=O)[C@H](C)N(Cc1ccccc1)C(=O)CN(c1ccc(C(C)C)cc1)S(=O)(=O)c1ccccc1. The average Bonchev–Trinajstić information content (AvgIpc) is 2.91. The molecule has 0 aliphatic rings. The van der Waals surface area contributed by atoms with Crippen LogP contribution >= 0.6 is 0 Å². The van der Waals surface area contributed by atoms with Gasteiger partial charge in [0.2, 0.25) is 11.8 Å². The molecule has 0 heterocycles. The van der Waals surface area contributed by atoms with Crippen molar-refractivity contribution < 1.29 is 18.0 Å². The second-order valence-electron chi connectivity index (χ2n) is 9.15. The van der Waals surface area contributed by atoms with Gasteiger partial charge < -0.3 is 10.2 Å². The van der Waals surface area contributed by atoms with Gasteiger partial charge in [0.1, 0.15) is 12.6 Å². The van der Waals surface area contributed by atoms with E-state index in [2.05, 4.69) is 19.2 Å². The van der Waals surface area contributed by atoms with Gasteiger partial charge in [0.15, 0.2) is 0 Å². The van der Waals surface area contributed by atoms with Gasteiger partial charge in [-0.15, -0.1) is 0 Å². The van der Waals surface area contributed by atoms with Crippen molar-refractivity contribution in [3.63, 3.8) is 0 Å². The van der Waals surface area contributed by atoms with Gasteiger partial charge in [-0.2, -0.15) is 0 Å². The Bertz CT molecular complexity index is 1280. The fourth-order valence-corrected chi connectivity index (χ4v) is 5.39. The molecular weight excluding hydrogens is 486 g/mol. The molecule has 37 heavy (non-hydrogen) atoms. The highest BCUT2D eigenvalue weighted by atomic mass is 32.2. The number of carbonyl (C=O) groups is 2.